The number of ether oxygens (including phenoxy) is 1. The van der Waals surface area contributed by atoms with Gasteiger partial charge in [-0.25, -0.2) is 4.79 Å². The monoisotopic (exact) mass is 463 g/mol. The molecule has 1 unspecified atom stereocenters. The first-order chi connectivity index (χ1) is 16.3. The molecule has 1 saturated heterocycles. The van der Waals surface area contributed by atoms with Crippen LogP contribution in [-0.2, 0) is 32.0 Å². The van der Waals surface area contributed by atoms with Crippen LogP contribution in [-0.4, -0.2) is 41.3 Å². The number of esters is 1. The smallest absolute Gasteiger partial charge is 0.329 e. The standard InChI is InChI=1S/C29H37NO4/c1-4-29(2,3)26(31)27(32)30-21-11-16-25(30)28(33)34-24(19-17-22-12-7-5-8-13-22)20-18-23-14-9-6-10-15-23/h5-10,12-15,24-25H,4,11,16-21H2,1-3H3. The molecule has 34 heavy (non-hydrogen) atoms. The van der Waals surface area contributed by atoms with Crippen molar-refractivity contribution in [3.8, 4) is 0 Å². The van der Waals surface area contributed by atoms with Crippen molar-refractivity contribution in [1.29, 1.82) is 0 Å². The Kier molecular flexibility index (Phi) is 9.03. The molecule has 1 amide bonds. The summed E-state index contributed by atoms with van der Waals surface area (Å²) in [5.41, 5.74) is 1.67. The lowest BCUT2D eigenvalue weighted by Crippen LogP contribution is -2.48. The van der Waals surface area contributed by atoms with Gasteiger partial charge in [-0.15, -0.1) is 0 Å². The van der Waals surface area contributed by atoms with Crippen LogP contribution in [0.4, 0.5) is 0 Å². The summed E-state index contributed by atoms with van der Waals surface area (Å²) in [4.78, 5) is 40.3. The molecule has 1 heterocycles. The average Bonchev–Trinajstić information content (AvgIpc) is 3.36. The summed E-state index contributed by atoms with van der Waals surface area (Å²) < 4.78 is 6.01. The van der Waals surface area contributed by atoms with E-state index in [4.69, 9.17) is 4.74 Å². The Hall–Kier alpha value is -2.95. The minimum atomic E-state index is -0.734. The third-order valence-electron chi connectivity index (χ3n) is 6.96. The van der Waals surface area contributed by atoms with Crippen molar-refractivity contribution in [2.24, 2.45) is 5.41 Å². The van der Waals surface area contributed by atoms with Crippen LogP contribution < -0.4 is 0 Å². The van der Waals surface area contributed by atoms with E-state index in [1.165, 1.54) is 16.0 Å². The molecule has 5 nitrogen and oxygen atoms in total. The predicted octanol–water partition coefficient (Wildman–Crippen LogP) is 5.16. The Labute approximate surface area is 203 Å². The van der Waals surface area contributed by atoms with Crippen LogP contribution in [0, 0.1) is 5.41 Å². The van der Waals surface area contributed by atoms with Gasteiger partial charge in [-0.3, -0.25) is 9.59 Å². The summed E-state index contributed by atoms with van der Waals surface area (Å²) >= 11 is 0. The summed E-state index contributed by atoms with van der Waals surface area (Å²) in [6.45, 7) is 5.87. The van der Waals surface area contributed by atoms with Gasteiger partial charge in [0.2, 0.25) is 5.78 Å². The summed E-state index contributed by atoms with van der Waals surface area (Å²) in [6.07, 6.45) is 4.60. The number of rotatable bonds is 11. The van der Waals surface area contributed by atoms with Gasteiger partial charge < -0.3 is 9.64 Å². The number of aryl methyl sites for hydroxylation is 2. The van der Waals surface area contributed by atoms with Crippen LogP contribution in [0.3, 0.4) is 0 Å². The van der Waals surface area contributed by atoms with Gasteiger partial charge in [0.1, 0.15) is 12.1 Å². The zero-order valence-corrected chi connectivity index (χ0v) is 20.7. The maximum absolute atomic E-state index is 13.2. The highest BCUT2D eigenvalue weighted by Crippen LogP contribution is 2.26. The fourth-order valence-corrected chi connectivity index (χ4v) is 4.28. The highest BCUT2D eigenvalue weighted by atomic mass is 16.5. The lowest BCUT2D eigenvalue weighted by molar-refractivity contribution is -0.161. The van der Waals surface area contributed by atoms with Gasteiger partial charge in [-0.1, -0.05) is 81.4 Å². The number of carbonyl (C=O) groups excluding carboxylic acids is 3. The van der Waals surface area contributed by atoms with E-state index in [0.717, 1.165) is 12.8 Å². The van der Waals surface area contributed by atoms with Crippen LogP contribution in [0.2, 0.25) is 0 Å². The molecule has 1 fully saturated rings. The first kappa shape index (κ1) is 25.7. The molecule has 2 aromatic rings. The lowest BCUT2D eigenvalue weighted by atomic mass is 9.84. The molecule has 2 aromatic carbocycles. The van der Waals surface area contributed by atoms with Crippen molar-refractivity contribution in [2.75, 3.05) is 6.54 Å². The molecule has 1 atom stereocenters. The molecule has 0 bridgehead atoms. The summed E-state index contributed by atoms with van der Waals surface area (Å²) in [5, 5.41) is 0. The maximum Gasteiger partial charge on any atom is 0.329 e. The SMILES string of the molecule is CCC(C)(C)C(=O)C(=O)N1CCCC1C(=O)OC(CCc1ccccc1)CCc1ccccc1. The number of likely N-dealkylation sites (tertiary alicyclic amines) is 1. The number of benzene rings is 2. The van der Waals surface area contributed by atoms with Gasteiger partial charge in [-0.2, -0.15) is 0 Å². The second-order valence-corrected chi connectivity index (χ2v) is 9.83. The molecular formula is C29H37NO4. The zero-order chi connectivity index (χ0) is 24.6. The van der Waals surface area contributed by atoms with E-state index in [0.29, 0.717) is 38.6 Å². The molecule has 0 spiro atoms. The summed E-state index contributed by atoms with van der Waals surface area (Å²) in [7, 11) is 0. The average molecular weight is 464 g/mol. The van der Waals surface area contributed by atoms with E-state index in [1.807, 2.05) is 43.3 Å². The van der Waals surface area contributed by atoms with Crippen LogP contribution >= 0.6 is 0 Å². The van der Waals surface area contributed by atoms with Gasteiger partial charge in [-0.05, 0) is 56.1 Å². The Morgan fingerprint density at radius 2 is 1.47 bits per heavy atom. The van der Waals surface area contributed by atoms with E-state index < -0.39 is 23.1 Å². The molecule has 1 aliphatic rings. The molecular weight excluding hydrogens is 426 g/mol. The second-order valence-electron chi connectivity index (χ2n) is 9.83. The molecule has 0 radical (unpaired) electrons. The Morgan fingerprint density at radius 1 is 0.941 bits per heavy atom. The normalized spacial score (nSPS) is 16.0. The van der Waals surface area contributed by atoms with Crippen molar-refractivity contribution in [2.45, 2.75) is 77.9 Å². The molecule has 0 aliphatic carbocycles. The van der Waals surface area contributed by atoms with Crippen molar-refractivity contribution in [3.05, 3.63) is 71.8 Å². The van der Waals surface area contributed by atoms with Gasteiger partial charge in [0.15, 0.2) is 0 Å². The number of hydrogen-bond donors (Lipinski definition) is 0. The first-order valence-electron chi connectivity index (χ1n) is 12.5. The Morgan fingerprint density at radius 3 is 1.97 bits per heavy atom. The van der Waals surface area contributed by atoms with Crippen molar-refractivity contribution < 1.29 is 19.1 Å². The van der Waals surface area contributed by atoms with E-state index in [2.05, 4.69) is 24.3 Å². The van der Waals surface area contributed by atoms with Gasteiger partial charge in [0.05, 0.1) is 0 Å². The molecule has 3 rings (SSSR count). The predicted molar refractivity (Wildman–Crippen MR) is 133 cm³/mol. The van der Waals surface area contributed by atoms with Crippen LogP contribution in [0.5, 0.6) is 0 Å². The van der Waals surface area contributed by atoms with Gasteiger partial charge in [0, 0.05) is 12.0 Å². The second kappa shape index (κ2) is 12.0. The summed E-state index contributed by atoms with van der Waals surface area (Å²) in [6, 6.07) is 19.7. The van der Waals surface area contributed by atoms with Crippen LogP contribution in [0.25, 0.3) is 0 Å². The number of Topliss-reactive ketones (excluding diaryl/α,β-unsaturated/α-hetero) is 1. The number of nitrogens with zero attached hydrogens (tertiary/aromatic N) is 1. The molecule has 0 N–H and O–H groups in total. The maximum atomic E-state index is 13.2. The van der Waals surface area contributed by atoms with E-state index in [9.17, 15) is 14.4 Å². The van der Waals surface area contributed by atoms with Crippen molar-refractivity contribution in [1.82, 2.24) is 4.90 Å². The number of hydrogen-bond acceptors (Lipinski definition) is 4. The highest BCUT2D eigenvalue weighted by molar-refractivity contribution is 6.38. The largest absolute Gasteiger partial charge is 0.461 e. The fourth-order valence-electron chi connectivity index (χ4n) is 4.28. The number of carbonyl (C=O) groups is 3. The van der Waals surface area contributed by atoms with Crippen LogP contribution in [0.15, 0.2) is 60.7 Å². The molecule has 1 aliphatic heterocycles. The molecule has 5 heteroatoms. The van der Waals surface area contributed by atoms with E-state index >= 15 is 0 Å². The molecule has 182 valence electrons. The van der Waals surface area contributed by atoms with Gasteiger partial charge in [0.25, 0.3) is 5.91 Å². The fraction of sp³-hybridized carbons (Fsp3) is 0.483. The Balaban J connectivity index is 1.67. The number of ketones is 1. The minimum absolute atomic E-state index is 0.256. The molecule has 0 aromatic heterocycles. The van der Waals surface area contributed by atoms with Gasteiger partial charge >= 0.3 is 5.97 Å². The van der Waals surface area contributed by atoms with Crippen molar-refractivity contribution in [3.63, 3.8) is 0 Å². The Bertz CT molecular complexity index is 911. The first-order valence-corrected chi connectivity index (χ1v) is 12.5. The van der Waals surface area contributed by atoms with E-state index in [-0.39, 0.29) is 12.1 Å². The zero-order valence-electron chi connectivity index (χ0n) is 20.7. The van der Waals surface area contributed by atoms with E-state index in [1.54, 1.807) is 13.8 Å². The quantitative estimate of drug-likeness (QED) is 0.341. The third-order valence-corrected chi connectivity index (χ3v) is 6.96. The molecule has 0 saturated carbocycles. The topological polar surface area (TPSA) is 63.7 Å². The van der Waals surface area contributed by atoms with Crippen LogP contribution in [0.1, 0.15) is 64.0 Å². The van der Waals surface area contributed by atoms with Crippen molar-refractivity contribution >= 4 is 17.7 Å². The highest BCUT2D eigenvalue weighted by Gasteiger charge is 2.42. The minimum Gasteiger partial charge on any atom is -0.461 e. The number of amides is 1. The summed E-state index contributed by atoms with van der Waals surface area (Å²) in [5.74, 6) is -1.38. The lowest BCUT2D eigenvalue weighted by Gasteiger charge is -2.28. The third kappa shape index (κ3) is 6.78.